The highest BCUT2D eigenvalue weighted by molar-refractivity contribution is 6.30. The predicted molar refractivity (Wildman–Crippen MR) is 95.9 cm³/mol. The fourth-order valence-electron chi connectivity index (χ4n) is 3.43. The Bertz CT molecular complexity index is 700. The van der Waals surface area contributed by atoms with Gasteiger partial charge < -0.3 is 10.5 Å². The van der Waals surface area contributed by atoms with Crippen LogP contribution in [-0.4, -0.2) is 34.5 Å². The van der Waals surface area contributed by atoms with Gasteiger partial charge in [-0.3, -0.25) is 0 Å². The van der Waals surface area contributed by atoms with Gasteiger partial charge in [0, 0.05) is 30.5 Å². The van der Waals surface area contributed by atoms with Crippen molar-refractivity contribution in [3.63, 3.8) is 0 Å². The molecule has 1 aliphatic rings. The van der Waals surface area contributed by atoms with Crippen molar-refractivity contribution >= 4 is 11.6 Å². The van der Waals surface area contributed by atoms with Gasteiger partial charge in [-0.05, 0) is 49.9 Å². The minimum absolute atomic E-state index is 0.252. The van der Waals surface area contributed by atoms with Gasteiger partial charge in [0.15, 0.2) is 5.82 Å². The smallest absolute Gasteiger partial charge is 0.153 e. The molecular formula is C18H25ClN4O. The highest BCUT2D eigenvalue weighted by Crippen LogP contribution is 2.33. The van der Waals surface area contributed by atoms with Gasteiger partial charge in [-0.1, -0.05) is 18.0 Å². The maximum atomic E-state index is 6.19. The molecule has 2 aromatic rings. The zero-order valence-corrected chi connectivity index (χ0v) is 15.1. The molecule has 0 aliphatic heterocycles. The molecule has 0 saturated heterocycles. The minimum Gasteiger partial charge on any atom is -0.384 e. The second kappa shape index (κ2) is 7.64. The molecular weight excluding hydrogens is 324 g/mol. The Morgan fingerprint density at radius 2 is 2.21 bits per heavy atom. The summed E-state index contributed by atoms with van der Waals surface area (Å²) in [4.78, 5) is 4.83. The molecule has 1 aromatic heterocycles. The van der Waals surface area contributed by atoms with Crippen LogP contribution in [-0.2, 0) is 11.2 Å². The fourth-order valence-corrected chi connectivity index (χ4v) is 3.65. The number of rotatable bonds is 5. The fraction of sp³-hybridized carbons (Fsp3) is 0.556. The summed E-state index contributed by atoms with van der Waals surface area (Å²) in [6.07, 6.45) is 5.03. The molecule has 0 amide bonds. The lowest BCUT2D eigenvalue weighted by atomic mass is 9.85. The Morgan fingerprint density at radius 1 is 1.38 bits per heavy atom. The van der Waals surface area contributed by atoms with Gasteiger partial charge in [-0.15, -0.1) is 0 Å². The van der Waals surface area contributed by atoms with Gasteiger partial charge in [0.1, 0.15) is 5.82 Å². The van der Waals surface area contributed by atoms with E-state index in [1.54, 1.807) is 7.11 Å². The number of aryl methyl sites for hydroxylation is 1. The number of nitrogens with two attached hydrogens (primary N) is 1. The van der Waals surface area contributed by atoms with Crippen molar-refractivity contribution in [2.24, 2.45) is 5.73 Å². The number of hydrogen-bond acceptors (Lipinski definition) is 4. The number of nitrogens with zero attached hydrogens (tertiary/aromatic N) is 3. The first-order valence-corrected chi connectivity index (χ1v) is 8.93. The van der Waals surface area contributed by atoms with E-state index in [-0.39, 0.29) is 6.04 Å². The van der Waals surface area contributed by atoms with Crippen LogP contribution in [0.4, 0.5) is 0 Å². The lowest BCUT2D eigenvalue weighted by molar-refractivity contribution is 0.200. The Kier molecular flexibility index (Phi) is 5.54. The van der Waals surface area contributed by atoms with Crippen molar-refractivity contribution in [2.45, 2.75) is 51.0 Å². The normalized spacial score (nSPS) is 21.2. The molecule has 1 aliphatic carbocycles. The van der Waals surface area contributed by atoms with Crippen LogP contribution >= 0.6 is 11.6 Å². The molecule has 1 aromatic carbocycles. The van der Waals surface area contributed by atoms with E-state index in [0.717, 1.165) is 53.6 Å². The summed E-state index contributed by atoms with van der Waals surface area (Å²) in [5.74, 6) is 2.19. The molecule has 1 fully saturated rings. The van der Waals surface area contributed by atoms with Crippen molar-refractivity contribution in [1.82, 2.24) is 14.8 Å². The van der Waals surface area contributed by atoms with E-state index in [4.69, 9.17) is 32.2 Å². The third-order valence-corrected chi connectivity index (χ3v) is 4.91. The number of hydrogen-bond donors (Lipinski definition) is 1. The van der Waals surface area contributed by atoms with Gasteiger partial charge >= 0.3 is 0 Å². The van der Waals surface area contributed by atoms with E-state index in [2.05, 4.69) is 0 Å². The highest BCUT2D eigenvalue weighted by Gasteiger charge is 2.27. The molecule has 1 saturated carbocycles. The van der Waals surface area contributed by atoms with Gasteiger partial charge in [-0.2, -0.15) is 5.10 Å². The maximum Gasteiger partial charge on any atom is 0.153 e. The van der Waals surface area contributed by atoms with Gasteiger partial charge in [0.2, 0.25) is 0 Å². The van der Waals surface area contributed by atoms with Crippen LogP contribution < -0.4 is 5.73 Å². The van der Waals surface area contributed by atoms with Crippen molar-refractivity contribution in [1.29, 1.82) is 0 Å². The highest BCUT2D eigenvalue weighted by atomic mass is 35.5. The monoisotopic (exact) mass is 348 g/mol. The number of ether oxygens (including phenoxy) is 1. The molecule has 0 spiro atoms. The van der Waals surface area contributed by atoms with Gasteiger partial charge in [0.25, 0.3) is 0 Å². The predicted octanol–water partition coefficient (Wildman–Crippen LogP) is 3.40. The molecule has 2 N–H and O–H groups in total. The Hall–Kier alpha value is -1.43. The van der Waals surface area contributed by atoms with Crippen LogP contribution in [0, 0.1) is 6.92 Å². The Balaban J connectivity index is 2.00. The molecule has 24 heavy (non-hydrogen) atoms. The average Bonchev–Trinajstić information content (AvgIpc) is 2.97. The first-order valence-electron chi connectivity index (χ1n) is 8.55. The summed E-state index contributed by atoms with van der Waals surface area (Å²) in [6, 6.07) is 6.13. The standard InChI is InChI=1S/C18H25ClN4O/c1-12-10-14(19)6-7-16(12)23-18(13-4-3-5-15(20)11-13)21-17(22-23)8-9-24-2/h6-7,10,13,15H,3-5,8-9,11,20H2,1-2H3/t13-,15+/m1/s1. The molecule has 3 rings (SSSR count). The van der Waals surface area contributed by atoms with Crippen molar-refractivity contribution in [2.75, 3.05) is 13.7 Å². The van der Waals surface area contributed by atoms with E-state index >= 15 is 0 Å². The number of methoxy groups -OCH3 is 1. The van der Waals surface area contributed by atoms with E-state index in [1.165, 1.54) is 0 Å². The first-order chi connectivity index (χ1) is 11.6. The molecule has 0 bridgehead atoms. The van der Waals surface area contributed by atoms with Crippen LogP contribution in [0.25, 0.3) is 5.69 Å². The summed E-state index contributed by atoms with van der Waals surface area (Å²) in [6.45, 7) is 2.67. The minimum atomic E-state index is 0.252. The van der Waals surface area contributed by atoms with E-state index in [1.807, 2.05) is 29.8 Å². The quantitative estimate of drug-likeness (QED) is 0.899. The first kappa shape index (κ1) is 17.4. The lowest BCUT2D eigenvalue weighted by Crippen LogP contribution is -2.28. The van der Waals surface area contributed by atoms with Crippen LogP contribution in [0.5, 0.6) is 0 Å². The summed E-state index contributed by atoms with van der Waals surface area (Å²) < 4.78 is 7.16. The molecule has 1 heterocycles. The number of halogens is 1. The topological polar surface area (TPSA) is 66.0 Å². The van der Waals surface area contributed by atoms with Crippen LogP contribution in [0.15, 0.2) is 18.2 Å². The Labute approximate surface area is 148 Å². The molecule has 5 nitrogen and oxygen atoms in total. The molecule has 2 atom stereocenters. The Morgan fingerprint density at radius 3 is 2.92 bits per heavy atom. The van der Waals surface area contributed by atoms with Gasteiger partial charge in [-0.25, -0.2) is 9.67 Å². The second-order valence-electron chi connectivity index (χ2n) is 6.60. The maximum absolute atomic E-state index is 6.19. The SMILES string of the molecule is COCCc1nc([C@@H]2CCC[C@H](N)C2)n(-c2ccc(Cl)cc2C)n1. The molecule has 0 radical (unpaired) electrons. The van der Waals surface area contributed by atoms with E-state index in [9.17, 15) is 0 Å². The lowest BCUT2D eigenvalue weighted by Gasteiger charge is -2.26. The molecule has 6 heteroatoms. The van der Waals surface area contributed by atoms with E-state index in [0.29, 0.717) is 18.9 Å². The summed E-state index contributed by atoms with van der Waals surface area (Å²) in [5.41, 5.74) is 8.32. The van der Waals surface area contributed by atoms with Crippen LogP contribution in [0.1, 0.15) is 48.8 Å². The number of aromatic nitrogens is 3. The summed E-state index contributed by atoms with van der Waals surface area (Å²) >= 11 is 6.11. The van der Waals surface area contributed by atoms with Crippen LogP contribution in [0.3, 0.4) is 0 Å². The largest absolute Gasteiger partial charge is 0.384 e. The van der Waals surface area contributed by atoms with Crippen molar-refractivity contribution < 1.29 is 4.74 Å². The average molecular weight is 349 g/mol. The zero-order valence-electron chi connectivity index (χ0n) is 14.3. The third-order valence-electron chi connectivity index (χ3n) is 4.67. The van der Waals surface area contributed by atoms with E-state index < -0.39 is 0 Å². The van der Waals surface area contributed by atoms with Gasteiger partial charge in [0.05, 0.1) is 12.3 Å². The van der Waals surface area contributed by atoms with Crippen molar-refractivity contribution in [3.05, 3.63) is 40.4 Å². The molecule has 130 valence electrons. The third kappa shape index (κ3) is 3.79. The second-order valence-corrected chi connectivity index (χ2v) is 7.03. The molecule has 0 unspecified atom stereocenters. The van der Waals surface area contributed by atoms with Crippen molar-refractivity contribution in [3.8, 4) is 5.69 Å². The van der Waals surface area contributed by atoms with Crippen LogP contribution in [0.2, 0.25) is 5.02 Å². The number of benzene rings is 1. The summed E-state index contributed by atoms with van der Waals surface area (Å²) in [7, 11) is 1.70. The summed E-state index contributed by atoms with van der Waals surface area (Å²) in [5, 5.41) is 5.48. The zero-order chi connectivity index (χ0) is 17.1.